The fourth-order valence-corrected chi connectivity index (χ4v) is 0.549. The smallest absolute Gasteiger partial charge is 0.400 e. The van der Waals surface area contributed by atoms with E-state index in [0.717, 1.165) is 6.92 Å². The number of carboxylic acid groups (broad SMARTS) is 1. The molecule has 7 heteroatoms. The predicted molar refractivity (Wildman–Crippen MR) is 40.5 cm³/mol. The summed E-state index contributed by atoms with van der Waals surface area (Å²) in [6.07, 6.45) is -4.65. The van der Waals surface area contributed by atoms with Crippen LogP contribution >= 0.6 is 0 Å². The second kappa shape index (κ2) is 4.30. The molecule has 0 spiro atoms. The quantitative estimate of drug-likeness (QED) is 0.727. The lowest BCUT2D eigenvalue weighted by atomic mass is 10.1. The van der Waals surface area contributed by atoms with Gasteiger partial charge in [0, 0.05) is 0 Å². The van der Waals surface area contributed by atoms with E-state index in [1.807, 2.05) is 0 Å². The maximum atomic E-state index is 11.9. The first-order valence-electron chi connectivity index (χ1n) is 3.76. The van der Waals surface area contributed by atoms with E-state index in [1.54, 1.807) is 5.32 Å². The Labute approximate surface area is 78.1 Å². The molecular formula is C7H10F3NO3. The number of halogens is 3. The van der Waals surface area contributed by atoms with Crippen molar-refractivity contribution in [2.45, 2.75) is 26.1 Å². The summed E-state index contributed by atoms with van der Waals surface area (Å²) in [4.78, 5) is 21.0. The average molecular weight is 213 g/mol. The van der Waals surface area contributed by atoms with Crippen molar-refractivity contribution in [3.05, 3.63) is 0 Å². The van der Waals surface area contributed by atoms with Crippen LogP contribution in [0.2, 0.25) is 0 Å². The highest BCUT2D eigenvalue weighted by molar-refractivity contribution is 5.84. The SMILES string of the molecule is CC(C(=O)N[C@H](C)C(=O)O)C(F)(F)F. The van der Waals surface area contributed by atoms with Crippen molar-refractivity contribution < 1.29 is 27.9 Å². The highest BCUT2D eigenvalue weighted by Crippen LogP contribution is 2.25. The molecule has 0 aromatic heterocycles. The molecule has 0 radical (unpaired) electrons. The molecular weight excluding hydrogens is 203 g/mol. The number of nitrogens with one attached hydrogen (secondary N) is 1. The van der Waals surface area contributed by atoms with Crippen LogP contribution in [0, 0.1) is 5.92 Å². The van der Waals surface area contributed by atoms with Crippen LogP contribution in [0.3, 0.4) is 0 Å². The Morgan fingerprint density at radius 1 is 1.29 bits per heavy atom. The van der Waals surface area contributed by atoms with Crippen molar-refractivity contribution in [3.8, 4) is 0 Å². The number of carbonyl (C=O) groups excluding carboxylic acids is 1. The molecule has 2 atom stereocenters. The number of hydrogen-bond donors (Lipinski definition) is 2. The molecule has 1 unspecified atom stereocenters. The van der Waals surface area contributed by atoms with Crippen molar-refractivity contribution in [2.24, 2.45) is 5.92 Å². The molecule has 0 saturated heterocycles. The number of alkyl halides is 3. The minimum absolute atomic E-state index is 0.671. The average Bonchev–Trinajstić information content (AvgIpc) is 2.00. The van der Waals surface area contributed by atoms with Gasteiger partial charge in [-0.05, 0) is 13.8 Å². The first kappa shape index (κ1) is 12.7. The number of amides is 1. The molecule has 0 aromatic rings. The molecule has 14 heavy (non-hydrogen) atoms. The second-order valence-corrected chi connectivity index (χ2v) is 2.83. The molecule has 0 heterocycles. The van der Waals surface area contributed by atoms with E-state index in [0.29, 0.717) is 6.92 Å². The van der Waals surface area contributed by atoms with Crippen LogP contribution in [0.4, 0.5) is 13.2 Å². The van der Waals surface area contributed by atoms with Gasteiger partial charge < -0.3 is 10.4 Å². The van der Waals surface area contributed by atoms with Crippen LogP contribution in [0.15, 0.2) is 0 Å². The first-order valence-corrected chi connectivity index (χ1v) is 3.76. The van der Waals surface area contributed by atoms with Crippen LogP contribution in [0.1, 0.15) is 13.8 Å². The van der Waals surface area contributed by atoms with Crippen LogP contribution in [-0.4, -0.2) is 29.2 Å². The van der Waals surface area contributed by atoms with Gasteiger partial charge in [0.15, 0.2) is 0 Å². The van der Waals surface area contributed by atoms with Crippen LogP contribution in [0.25, 0.3) is 0 Å². The number of carboxylic acids is 1. The molecule has 0 saturated carbocycles. The fraction of sp³-hybridized carbons (Fsp3) is 0.714. The predicted octanol–water partition coefficient (Wildman–Crippen LogP) is 0.774. The van der Waals surface area contributed by atoms with Crippen LogP contribution in [-0.2, 0) is 9.59 Å². The van der Waals surface area contributed by atoms with Gasteiger partial charge in [-0.1, -0.05) is 0 Å². The zero-order valence-corrected chi connectivity index (χ0v) is 7.55. The van der Waals surface area contributed by atoms with Gasteiger partial charge in [-0.15, -0.1) is 0 Å². The number of rotatable bonds is 3. The molecule has 0 aliphatic rings. The standard InChI is InChI=1S/C7H10F3NO3/c1-3(7(8,9)10)5(12)11-4(2)6(13)14/h3-4H,1-2H3,(H,11,12)(H,13,14)/t3?,4-/m1/s1. The summed E-state index contributed by atoms with van der Waals surface area (Å²) < 4.78 is 35.8. The lowest BCUT2D eigenvalue weighted by Gasteiger charge is -2.16. The summed E-state index contributed by atoms with van der Waals surface area (Å²) in [5, 5.41) is 10.0. The summed E-state index contributed by atoms with van der Waals surface area (Å²) in [5.41, 5.74) is 0. The van der Waals surface area contributed by atoms with Crippen molar-refractivity contribution >= 4 is 11.9 Å². The normalized spacial score (nSPS) is 15.8. The van der Waals surface area contributed by atoms with E-state index in [-0.39, 0.29) is 0 Å². The van der Waals surface area contributed by atoms with E-state index < -0.39 is 30.0 Å². The highest BCUT2D eigenvalue weighted by atomic mass is 19.4. The highest BCUT2D eigenvalue weighted by Gasteiger charge is 2.41. The third-order valence-electron chi connectivity index (χ3n) is 1.61. The number of carbonyl (C=O) groups is 2. The Morgan fingerprint density at radius 2 is 1.71 bits per heavy atom. The molecule has 82 valence electrons. The topological polar surface area (TPSA) is 66.4 Å². The van der Waals surface area contributed by atoms with E-state index in [4.69, 9.17) is 5.11 Å². The van der Waals surface area contributed by atoms with Gasteiger partial charge in [0.1, 0.15) is 12.0 Å². The zero-order valence-electron chi connectivity index (χ0n) is 7.55. The summed E-state index contributed by atoms with van der Waals surface area (Å²) in [7, 11) is 0. The molecule has 4 nitrogen and oxygen atoms in total. The minimum Gasteiger partial charge on any atom is -0.480 e. The maximum absolute atomic E-state index is 11.9. The molecule has 0 aliphatic carbocycles. The largest absolute Gasteiger partial charge is 0.480 e. The van der Waals surface area contributed by atoms with Crippen molar-refractivity contribution in [1.82, 2.24) is 5.32 Å². The lowest BCUT2D eigenvalue weighted by molar-refractivity contribution is -0.180. The monoisotopic (exact) mass is 213 g/mol. The van der Waals surface area contributed by atoms with Gasteiger partial charge in [0.2, 0.25) is 5.91 Å². The molecule has 1 amide bonds. The Bertz CT molecular complexity index is 239. The second-order valence-electron chi connectivity index (χ2n) is 2.83. The number of aliphatic carboxylic acids is 1. The van der Waals surface area contributed by atoms with Crippen molar-refractivity contribution in [2.75, 3.05) is 0 Å². The van der Waals surface area contributed by atoms with E-state index in [2.05, 4.69) is 0 Å². The first-order chi connectivity index (χ1) is 6.16. The molecule has 2 N–H and O–H groups in total. The van der Waals surface area contributed by atoms with Crippen LogP contribution in [0.5, 0.6) is 0 Å². The van der Waals surface area contributed by atoms with Gasteiger partial charge in [0.05, 0.1) is 0 Å². The fourth-order valence-electron chi connectivity index (χ4n) is 0.549. The Kier molecular flexibility index (Phi) is 3.91. The third kappa shape index (κ3) is 3.63. The summed E-state index contributed by atoms with van der Waals surface area (Å²) >= 11 is 0. The Hall–Kier alpha value is -1.27. The van der Waals surface area contributed by atoms with Crippen molar-refractivity contribution in [3.63, 3.8) is 0 Å². The third-order valence-corrected chi connectivity index (χ3v) is 1.61. The van der Waals surface area contributed by atoms with Crippen molar-refractivity contribution in [1.29, 1.82) is 0 Å². The van der Waals surface area contributed by atoms with Gasteiger partial charge in [-0.3, -0.25) is 9.59 Å². The van der Waals surface area contributed by atoms with E-state index in [9.17, 15) is 22.8 Å². The van der Waals surface area contributed by atoms with E-state index in [1.165, 1.54) is 0 Å². The summed E-state index contributed by atoms with van der Waals surface area (Å²) in [5.74, 6) is -4.93. The van der Waals surface area contributed by atoms with Crippen LogP contribution < -0.4 is 5.32 Å². The molecule has 0 aromatic carbocycles. The Morgan fingerprint density at radius 3 is 2.00 bits per heavy atom. The van der Waals surface area contributed by atoms with Gasteiger partial charge >= 0.3 is 12.1 Å². The molecule has 0 fully saturated rings. The molecule has 0 bridgehead atoms. The molecule has 0 rings (SSSR count). The lowest BCUT2D eigenvalue weighted by Crippen LogP contribution is -2.44. The minimum atomic E-state index is -4.65. The number of hydrogen-bond acceptors (Lipinski definition) is 2. The maximum Gasteiger partial charge on any atom is 0.400 e. The van der Waals surface area contributed by atoms with Gasteiger partial charge in [-0.2, -0.15) is 13.2 Å². The summed E-state index contributed by atoms with van der Waals surface area (Å²) in [6, 6.07) is -1.33. The Balaban J connectivity index is 4.29. The van der Waals surface area contributed by atoms with Gasteiger partial charge in [0.25, 0.3) is 0 Å². The summed E-state index contributed by atoms with van der Waals surface area (Å²) in [6.45, 7) is 1.76. The molecule has 0 aliphatic heterocycles. The zero-order chi connectivity index (χ0) is 11.5. The van der Waals surface area contributed by atoms with E-state index >= 15 is 0 Å². The van der Waals surface area contributed by atoms with Gasteiger partial charge in [-0.25, -0.2) is 0 Å².